The molecule has 0 atom stereocenters. The van der Waals surface area contributed by atoms with Crippen LogP contribution in [0.15, 0.2) is 12.4 Å². The summed E-state index contributed by atoms with van der Waals surface area (Å²) in [4.78, 5) is 10.4. The first-order chi connectivity index (χ1) is 6.83. The molecule has 2 heterocycles. The summed E-state index contributed by atoms with van der Waals surface area (Å²) < 4.78 is 5.16. The number of hydrogen-bond donors (Lipinski definition) is 2. The van der Waals surface area contributed by atoms with Crippen LogP contribution >= 0.6 is 0 Å². The molecule has 0 spiro atoms. The number of hydrogen-bond acceptors (Lipinski definition) is 6. The van der Waals surface area contributed by atoms with E-state index in [-0.39, 0.29) is 0 Å². The molecule has 14 heavy (non-hydrogen) atoms. The number of aromatic nitrogens is 2. The van der Waals surface area contributed by atoms with Crippen LogP contribution in [-0.2, 0) is 4.74 Å². The zero-order valence-electron chi connectivity index (χ0n) is 7.97. The zero-order valence-corrected chi connectivity index (χ0v) is 7.97. The average molecular weight is 195 g/mol. The fourth-order valence-electron chi connectivity index (χ4n) is 1.35. The van der Waals surface area contributed by atoms with Crippen molar-refractivity contribution in [1.29, 1.82) is 0 Å². The van der Waals surface area contributed by atoms with E-state index in [1.807, 2.05) is 0 Å². The number of nitrogens with two attached hydrogens (primary N) is 1. The third-order valence-electron chi connectivity index (χ3n) is 2.28. The van der Waals surface area contributed by atoms with Crippen LogP contribution in [0.2, 0.25) is 0 Å². The first-order valence-electron chi connectivity index (χ1n) is 4.40. The number of anilines is 2. The number of nitrogens with zero attached hydrogens (tertiary/aromatic N) is 3. The van der Waals surface area contributed by atoms with Gasteiger partial charge >= 0.3 is 0 Å². The summed E-state index contributed by atoms with van der Waals surface area (Å²) in [6.07, 6.45) is 3.61. The number of nitrogen functional groups attached to an aromatic ring is 1. The molecule has 1 aliphatic rings. The highest BCUT2D eigenvalue weighted by molar-refractivity contribution is 5.45. The SMILES string of the molecule is COC1CN(c2cncc(NN)n2)C1. The van der Waals surface area contributed by atoms with Crippen LogP contribution < -0.4 is 16.2 Å². The second-order valence-corrected chi connectivity index (χ2v) is 3.17. The Balaban J connectivity index is 2.03. The molecule has 0 aromatic carbocycles. The van der Waals surface area contributed by atoms with E-state index in [4.69, 9.17) is 10.6 Å². The van der Waals surface area contributed by atoms with Crippen LogP contribution in [0, 0.1) is 0 Å². The summed E-state index contributed by atoms with van der Waals surface area (Å²) >= 11 is 0. The highest BCUT2D eigenvalue weighted by Crippen LogP contribution is 2.19. The zero-order chi connectivity index (χ0) is 9.97. The molecule has 6 nitrogen and oxygen atoms in total. The Bertz CT molecular complexity index is 312. The van der Waals surface area contributed by atoms with Gasteiger partial charge in [0.25, 0.3) is 0 Å². The van der Waals surface area contributed by atoms with Gasteiger partial charge in [-0.3, -0.25) is 4.98 Å². The minimum Gasteiger partial charge on any atom is -0.378 e. The van der Waals surface area contributed by atoms with E-state index in [1.54, 1.807) is 19.5 Å². The molecule has 0 saturated carbocycles. The highest BCUT2D eigenvalue weighted by Gasteiger charge is 2.27. The highest BCUT2D eigenvalue weighted by atomic mass is 16.5. The van der Waals surface area contributed by atoms with Crippen LogP contribution in [0.25, 0.3) is 0 Å². The van der Waals surface area contributed by atoms with Gasteiger partial charge in [0.1, 0.15) is 5.82 Å². The molecule has 6 heteroatoms. The van der Waals surface area contributed by atoms with Crippen molar-refractivity contribution in [2.45, 2.75) is 6.10 Å². The minimum absolute atomic E-state index is 0.311. The number of methoxy groups -OCH3 is 1. The van der Waals surface area contributed by atoms with Crippen molar-refractivity contribution in [1.82, 2.24) is 9.97 Å². The van der Waals surface area contributed by atoms with Crippen LogP contribution in [0.1, 0.15) is 0 Å². The summed E-state index contributed by atoms with van der Waals surface area (Å²) in [5.41, 5.74) is 2.46. The van der Waals surface area contributed by atoms with Crippen LogP contribution in [0.4, 0.5) is 11.6 Å². The molecule has 0 radical (unpaired) electrons. The number of ether oxygens (including phenoxy) is 1. The molecule has 1 aromatic rings. The lowest BCUT2D eigenvalue weighted by atomic mass is 10.2. The molecular weight excluding hydrogens is 182 g/mol. The van der Waals surface area contributed by atoms with Gasteiger partial charge in [-0.25, -0.2) is 10.8 Å². The van der Waals surface area contributed by atoms with Gasteiger partial charge in [-0.05, 0) is 0 Å². The Labute approximate surface area is 82.1 Å². The Morgan fingerprint density at radius 1 is 1.57 bits per heavy atom. The van der Waals surface area contributed by atoms with E-state index in [0.717, 1.165) is 18.9 Å². The van der Waals surface area contributed by atoms with Crippen molar-refractivity contribution in [2.75, 3.05) is 30.5 Å². The maximum Gasteiger partial charge on any atom is 0.160 e. The summed E-state index contributed by atoms with van der Waals surface area (Å²) in [6.45, 7) is 1.72. The van der Waals surface area contributed by atoms with Gasteiger partial charge in [-0.2, -0.15) is 0 Å². The van der Waals surface area contributed by atoms with E-state index in [0.29, 0.717) is 11.9 Å². The van der Waals surface area contributed by atoms with E-state index in [9.17, 15) is 0 Å². The fraction of sp³-hybridized carbons (Fsp3) is 0.500. The van der Waals surface area contributed by atoms with Crippen molar-refractivity contribution in [2.24, 2.45) is 5.84 Å². The predicted octanol–water partition coefficient (Wildman–Crippen LogP) is -0.403. The fourth-order valence-corrected chi connectivity index (χ4v) is 1.35. The van der Waals surface area contributed by atoms with Crippen LogP contribution in [0.5, 0.6) is 0 Å². The number of hydrazine groups is 1. The molecular formula is C8H13N5O. The standard InChI is InChI=1S/C8H13N5O/c1-14-6-4-13(5-6)8-3-10-2-7(11-8)12-9/h2-3,6H,4-5,9H2,1H3,(H,11,12). The van der Waals surface area contributed by atoms with Crippen molar-refractivity contribution in [3.05, 3.63) is 12.4 Å². The molecule has 0 unspecified atom stereocenters. The van der Waals surface area contributed by atoms with E-state index < -0.39 is 0 Å². The Hall–Kier alpha value is -1.40. The molecule has 0 bridgehead atoms. The van der Waals surface area contributed by atoms with Crippen LogP contribution in [0.3, 0.4) is 0 Å². The maximum absolute atomic E-state index is 5.24. The van der Waals surface area contributed by atoms with Crippen LogP contribution in [-0.4, -0.2) is 36.3 Å². The smallest absolute Gasteiger partial charge is 0.160 e. The minimum atomic E-state index is 0.311. The van der Waals surface area contributed by atoms with Gasteiger partial charge in [0, 0.05) is 20.2 Å². The second kappa shape index (κ2) is 3.77. The second-order valence-electron chi connectivity index (χ2n) is 3.17. The maximum atomic E-state index is 5.24. The van der Waals surface area contributed by atoms with Gasteiger partial charge in [0.15, 0.2) is 5.82 Å². The predicted molar refractivity (Wildman–Crippen MR) is 52.9 cm³/mol. The lowest BCUT2D eigenvalue weighted by molar-refractivity contribution is 0.0783. The van der Waals surface area contributed by atoms with Gasteiger partial charge in [-0.15, -0.1) is 0 Å². The van der Waals surface area contributed by atoms with Gasteiger partial charge in [0.2, 0.25) is 0 Å². The average Bonchev–Trinajstić information content (AvgIpc) is 2.17. The number of nitrogens with one attached hydrogen (secondary N) is 1. The molecule has 1 saturated heterocycles. The Morgan fingerprint density at radius 2 is 2.36 bits per heavy atom. The summed E-state index contributed by atoms with van der Waals surface area (Å²) in [5, 5.41) is 0. The molecule has 0 aliphatic carbocycles. The van der Waals surface area contributed by atoms with Crippen molar-refractivity contribution >= 4 is 11.6 Å². The summed E-state index contributed by atoms with van der Waals surface area (Å²) in [7, 11) is 1.71. The topological polar surface area (TPSA) is 76.3 Å². The van der Waals surface area contributed by atoms with E-state index in [2.05, 4.69) is 20.3 Å². The van der Waals surface area contributed by atoms with Crippen molar-refractivity contribution in [3.63, 3.8) is 0 Å². The summed E-state index contributed by atoms with van der Waals surface area (Å²) in [5.74, 6) is 6.64. The molecule has 1 aliphatic heterocycles. The Morgan fingerprint density at radius 3 is 3.00 bits per heavy atom. The van der Waals surface area contributed by atoms with Gasteiger partial charge in [-0.1, -0.05) is 0 Å². The molecule has 1 aromatic heterocycles. The largest absolute Gasteiger partial charge is 0.378 e. The first kappa shape index (κ1) is 9.17. The Kier molecular flexibility index (Phi) is 2.47. The molecule has 0 amide bonds. The third-order valence-corrected chi connectivity index (χ3v) is 2.28. The summed E-state index contributed by atoms with van der Waals surface area (Å²) in [6, 6.07) is 0. The molecule has 76 valence electrons. The van der Waals surface area contributed by atoms with Crippen molar-refractivity contribution in [3.8, 4) is 0 Å². The van der Waals surface area contributed by atoms with E-state index >= 15 is 0 Å². The van der Waals surface area contributed by atoms with Gasteiger partial charge < -0.3 is 15.1 Å². The third kappa shape index (κ3) is 1.61. The molecule has 1 fully saturated rings. The monoisotopic (exact) mass is 195 g/mol. The van der Waals surface area contributed by atoms with E-state index in [1.165, 1.54) is 0 Å². The van der Waals surface area contributed by atoms with Gasteiger partial charge in [0.05, 0.1) is 18.5 Å². The lowest BCUT2D eigenvalue weighted by Gasteiger charge is -2.38. The lowest BCUT2D eigenvalue weighted by Crippen LogP contribution is -2.52. The first-order valence-corrected chi connectivity index (χ1v) is 4.40. The normalized spacial score (nSPS) is 16.6. The quantitative estimate of drug-likeness (QED) is 0.504. The molecule has 2 rings (SSSR count). The number of rotatable bonds is 3. The van der Waals surface area contributed by atoms with Crippen molar-refractivity contribution < 1.29 is 4.74 Å². The molecule has 3 N–H and O–H groups in total.